The number of aryl methyl sites for hydroxylation is 1. The molecule has 0 radical (unpaired) electrons. The van der Waals surface area contributed by atoms with Crippen molar-refractivity contribution in [2.45, 2.75) is 39.0 Å². The van der Waals surface area contributed by atoms with E-state index in [1.807, 2.05) is 25.1 Å². The molecule has 0 bridgehead atoms. The van der Waals surface area contributed by atoms with Crippen LogP contribution in [0.15, 0.2) is 53.3 Å². The third-order valence-electron chi connectivity index (χ3n) is 4.82. The second-order valence-electron chi connectivity index (χ2n) is 7.18. The smallest absolute Gasteiger partial charge is 0.251 e. The fourth-order valence-corrected chi connectivity index (χ4v) is 3.31. The van der Waals surface area contributed by atoms with Crippen LogP contribution in [-0.4, -0.2) is 4.98 Å². The zero-order valence-electron chi connectivity index (χ0n) is 16.0. The standard InChI is InChI=1S/C23H23NO.CHN/c1-5-16-8-7-9-17(12-16)15-23(3,4)20-11-10-19-13-18(6-2)22(25)24-21(19)14-20;1-2/h1,7-14H,6,15H2,2-4H3,(H,24,25);1H. The zero-order chi connectivity index (χ0) is 20.0. The number of nitrogens with one attached hydrogen (secondary N) is 1. The molecule has 0 atom stereocenters. The molecule has 27 heavy (non-hydrogen) atoms. The van der Waals surface area contributed by atoms with Gasteiger partial charge in [0.05, 0.1) is 0 Å². The second-order valence-corrected chi connectivity index (χ2v) is 7.18. The molecule has 0 aliphatic rings. The first kappa shape index (κ1) is 20.0. The molecule has 3 aromatic rings. The maximum absolute atomic E-state index is 12.1. The van der Waals surface area contributed by atoms with E-state index in [4.69, 9.17) is 11.7 Å². The van der Waals surface area contributed by atoms with Gasteiger partial charge in [-0.15, -0.1) is 6.42 Å². The highest BCUT2D eigenvalue weighted by Gasteiger charge is 2.22. The van der Waals surface area contributed by atoms with Crippen LogP contribution < -0.4 is 5.56 Å². The van der Waals surface area contributed by atoms with E-state index >= 15 is 0 Å². The van der Waals surface area contributed by atoms with Crippen LogP contribution in [0.3, 0.4) is 0 Å². The van der Waals surface area contributed by atoms with E-state index in [0.29, 0.717) is 0 Å². The summed E-state index contributed by atoms with van der Waals surface area (Å²) in [4.78, 5) is 15.1. The van der Waals surface area contributed by atoms with Gasteiger partial charge in [-0.1, -0.05) is 51.0 Å². The van der Waals surface area contributed by atoms with Crippen LogP contribution in [-0.2, 0) is 18.3 Å². The molecule has 0 aliphatic heterocycles. The first-order valence-corrected chi connectivity index (χ1v) is 8.91. The molecular formula is C24H24N2O. The number of benzene rings is 2. The van der Waals surface area contributed by atoms with Crippen molar-refractivity contribution in [1.82, 2.24) is 4.98 Å². The Kier molecular flexibility index (Phi) is 6.22. The molecular weight excluding hydrogens is 332 g/mol. The van der Waals surface area contributed by atoms with E-state index in [2.05, 4.69) is 61.7 Å². The minimum atomic E-state index is -0.0677. The minimum absolute atomic E-state index is 0.00618. The number of hydrogen-bond donors (Lipinski definition) is 1. The van der Waals surface area contributed by atoms with Crippen LogP contribution in [0.4, 0.5) is 0 Å². The third kappa shape index (κ3) is 4.46. The lowest BCUT2D eigenvalue weighted by molar-refractivity contribution is 0.523. The first-order valence-electron chi connectivity index (χ1n) is 8.91. The largest absolute Gasteiger partial charge is 0.322 e. The molecule has 3 heteroatoms. The fourth-order valence-electron chi connectivity index (χ4n) is 3.31. The third-order valence-corrected chi connectivity index (χ3v) is 4.82. The summed E-state index contributed by atoms with van der Waals surface area (Å²) in [7, 11) is 0. The Labute approximate surface area is 160 Å². The number of aromatic amines is 1. The lowest BCUT2D eigenvalue weighted by Gasteiger charge is -2.26. The molecule has 0 spiro atoms. The van der Waals surface area contributed by atoms with Crippen molar-refractivity contribution in [3.8, 4) is 18.9 Å². The molecule has 2 aromatic carbocycles. The summed E-state index contributed by atoms with van der Waals surface area (Å²) in [5, 5.41) is 7.57. The molecule has 0 saturated heterocycles. The van der Waals surface area contributed by atoms with E-state index < -0.39 is 0 Å². The van der Waals surface area contributed by atoms with Gasteiger partial charge in [0.25, 0.3) is 5.56 Å². The maximum atomic E-state index is 12.1. The molecule has 0 amide bonds. The minimum Gasteiger partial charge on any atom is -0.322 e. The summed E-state index contributed by atoms with van der Waals surface area (Å²) in [6, 6.07) is 16.5. The molecule has 0 unspecified atom stereocenters. The van der Waals surface area contributed by atoms with Crippen molar-refractivity contribution >= 4 is 10.9 Å². The Balaban J connectivity index is 0.00000126. The van der Waals surface area contributed by atoms with E-state index in [9.17, 15) is 4.79 Å². The average molecular weight is 356 g/mol. The molecule has 3 nitrogen and oxygen atoms in total. The molecule has 1 heterocycles. The van der Waals surface area contributed by atoms with Gasteiger partial charge in [-0.05, 0) is 59.0 Å². The van der Waals surface area contributed by atoms with Crippen molar-refractivity contribution in [2.24, 2.45) is 0 Å². The lowest BCUT2D eigenvalue weighted by Crippen LogP contribution is -2.21. The molecule has 0 saturated carbocycles. The average Bonchev–Trinajstić information content (AvgIpc) is 2.68. The second kappa shape index (κ2) is 8.39. The lowest BCUT2D eigenvalue weighted by atomic mass is 9.78. The molecule has 1 aromatic heterocycles. The number of hydrogen-bond acceptors (Lipinski definition) is 2. The predicted molar refractivity (Wildman–Crippen MR) is 112 cm³/mol. The Bertz CT molecular complexity index is 1060. The van der Waals surface area contributed by atoms with Crippen LogP contribution in [0.5, 0.6) is 0 Å². The van der Waals surface area contributed by atoms with Crippen molar-refractivity contribution in [3.05, 3.63) is 81.1 Å². The summed E-state index contributed by atoms with van der Waals surface area (Å²) < 4.78 is 0. The van der Waals surface area contributed by atoms with Crippen molar-refractivity contribution in [1.29, 1.82) is 5.26 Å². The zero-order valence-corrected chi connectivity index (χ0v) is 16.0. The highest BCUT2D eigenvalue weighted by Crippen LogP contribution is 2.30. The SMILES string of the molecule is C#Cc1cccc(CC(C)(C)c2ccc3cc(CC)c(=O)[nH]c3c2)c1.C#N. The van der Waals surface area contributed by atoms with Crippen LogP contribution in [0.1, 0.15) is 43.0 Å². The fraction of sp³-hybridized carbons (Fsp3) is 0.250. The van der Waals surface area contributed by atoms with Gasteiger partial charge in [-0.2, -0.15) is 0 Å². The highest BCUT2D eigenvalue weighted by molar-refractivity contribution is 5.80. The summed E-state index contributed by atoms with van der Waals surface area (Å²) >= 11 is 0. The van der Waals surface area contributed by atoms with Crippen molar-refractivity contribution in [3.63, 3.8) is 0 Å². The van der Waals surface area contributed by atoms with Gasteiger partial charge >= 0.3 is 0 Å². The normalized spacial score (nSPS) is 10.7. The van der Waals surface area contributed by atoms with E-state index in [-0.39, 0.29) is 11.0 Å². The van der Waals surface area contributed by atoms with Crippen LogP contribution in [0.2, 0.25) is 0 Å². The van der Waals surface area contributed by atoms with Gasteiger partial charge in [-0.25, -0.2) is 5.26 Å². The van der Waals surface area contributed by atoms with Gasteiger partial charge in [0, 0.05) is 23.2 Å². The number of terminal acetylenes is 1. The molecule has 0 fully saturated rings. The Morgan fingerprint density at radius 3 is 2.52 bits per heavy atom. The van der Waals surface area contributed by atoms with E-state index in [1.165, 1.54) is 11.1 Å². The first-order chi connectivity index (χ1) is 12.9. The van der Waals surface area contributed by atoms with Crippen LogP contribution in [0, 0.1) is 24.2 Å². The molecule has 3 rings (SSSR count). The van der Waals surface area contributed by atoms with Gasteiger partial charge in [-0.3, -0.25) is 4.79 Å². The molecule has 0 aliphatic carbocycles. The van der Waals surface area contributed by atoms with Gasteiger partial charge in [0.2, 0.25) is 0 Å². The monoisotopic (exact) mass is 356 g/mol. The number of rotatable bonds is 4. The summed E-state index contributed by atoms with van der Waals surface area (Å²) in [5.41, 5.74) is 4.98. The van der Waals surface area contributed by atoms with E-state index in [1.54, 1.807) is 0 Å². The quantitative estimate of drug-likeness (QED) is 0.687. The molecule has 1 N–H and O–H groups in total. The van der Waals surface area contributed by atoms with E-state index in [0.717, 1.165) is 34.9 Å². The Hall–Kier alpha value is -3.30. The molecule has 136 valence electrons. The number of H-pyrrole nitrogens is 1. The Morgan fingerprint density at radius 1 is 1.11 bits per heavy atom. The number of pyridine rings is 1. The number of aromatic nitrogens is 1. The highest BCUT2D eigenvalue weighted by atomic mass is 16.1. The number of nitrogens with zero attached hydrogens (tertiary/aromatic N) is 1. The topological polar surface area (TPSA) is 56.6 Å². The summed E-state index contributed by atoms with van der Waals surface area (Å²) in [5.74, 6) is 2.69. The van der Waals surface area contributed by atoms with Crippen molar-refractivity contribution in [2.75, 3.05) is 0 Å². The number of fused-ring (bicyclic) bond motifs is 1. The summed E-state index contributed by atoms with van der Waals surface area (Å²) in [6.45, 7) is 9.93. The summed E-state index contributed by atoms with van der Waals surface area (Å²) in [6.07, 6.45) is 7.13. The van der Waals surface area contributed by atoms with Crippen molar-refractivity contribution < 1.29 is 0 Å². The van der Waals surface area contributed by atoms with Gasteiger partial charge < -0.3 is 4.98 Å². The number of nitriles is 1. The van der Waals surface area contributed by atoms with Crippen LogP contribution in [0.25, 0.3) is 10.9 Å². The van der Waals surface area contributed by atoms with Gasteiger partial charge in [0.15, 0.2) is 0 Å². The predicted octanol–water partition coefficient (Wildman–Crippen LogP) is 4.73. The Morgan fingerprint density at radius 2 is 1.85 bits per heavy atom. The van der Waals surface area contributed by atoms with Crippen LogP contribution >= 0.6 is 0 Å². The maximum Gasteiger partial charge on any atom is 0.251 e. The van der Waals surface area contributed by atoms with Gasteiger partial charge in [0.1, 0.15) is 0 Å².